The lowest BCUT2D eigenvalue weighted by Crippen LogP contribution is -2.52. The van der Waals surface area contributed by atoms with Crippen LogP contribution in [0.25, 0.3) is 0 Å². The summed E-state index contributed by atoms with van der Waals surface area (Å²) in [5.41, 5.74) is 1.55. The molecule has 9 heteroatoms. The van der Waals surface area contributed by atoms with Gasteiger partial charge in [-0.25, -0.2) is 17.9 Å². The molecule has 0 radical (unpaired) electrons. The van der Waals surface area contributed by atoms with Gasteiger partial charge in [-0.05, 0) is 30.4 Å². The molecule has 1 fully saturated rings. The van der Waals surface area contributed by atoms with Crippen LogP contribution < -0.4 is 4.72 Å². The van der Waals surface area contributed by atoms with Crippen molar-refractivity contribution in [2.75, 3.05) is 13.1 Å². The van der Waals surface area contributed by atoms with Crippen molar-refractivity contribution in [3.8, 4) is 0 Å². The fourth-order valence-corrected chi connectivity index (χ4v) is 5.12. The largest absolute Gasteiger partial charge is 0.480 e. The Morgan fingerprint density at radius 2 is 1.68 bits per heavy atom. The Morgan fingerprint density at radius 3 is 2.29 bits per heavy atom. The predicted molar refractivity (Wildman–Crippen MR) is 115 cm³/mol. The van der Waals surface area contributed by atoms with Gasteiger partial charge in [-0.15, -0.1) is 0 Å². The van der Waals surface area contributed by atoms with Gasteiger partial charge in [-0.2, -0.15) is 0 Å². The molecule has 1 saturated heterocycles. The standard InChI is InChI=1S/C22H26N2O6S/c25-21(26)20(14-17-8-3-1-4-9-17)23-31(28,29)19-12-7-13-24(15-19)22(27)30-16-18-10-5-2-6-11-18/h1-6,8-11,19-20,23H,7,12-16H2,(H,25,26)/t19?,20-/m1/s1. The van der Waals surface area contributed by atoms with E-state index < -0.39 is 33.4 Å². The van der Waals surface area contributed by atoms with Gasteiger partial charge in [0.25, 0.3) is 0 Å². The predicted octanol–water partition coefficient (Wildman–Crippen LogP) is 2.40. The van der Waals surface area contributed by atoms with E-state index in [1.165, 1.54) is 4.90 Å². The number of nitrogens with one attached hydrogen (secondary N) is 1. The topological polar surface area (TPSA) is 113 Å². The van der Waals surface area contributed by atoms with Crippen molar-refractivity contribution in [3.05, 3.63) is 71.8 Å². The maximum Gasteiger partial charge on any atom is 0.410 e. The van der Waals surface area contributed by atoms with Crippen LogP contribution in [-0.2, 0) is 32.6 Å². The Morgan fingerprint density at radius 1 is 1.06 bits per heavy atom. The molecule has 1 aliphatic rings. The van der Waals surface area contributed by atoms with Gasteiger partial charge in [-0.1, -0.05) is 60.7 Å². The molecular formula is C22H26N2O6S. The molecule has 1 heterocycles. The van der Waals surface area contributed by atoms with E-state index in [1.807, 2.05) is 30.3 Å². The van der Waals surface area contributed by atoms with E-state index in [0.29, 0.717) is 24.9 Å². The number of sulfonamides is 1. The number of carbonyl (C=O) groups excluding carboxylic acids is 1. The lowest BCUT2D eigenvalue weighted by molar-refractivity contribution is -0.138. The molecule has 1 aliphatic heterocycles. The van der Waals surface area contributed by atoms with Crippen molar-refractivity contribution in [2.45, 2.75) is 37.2 Å². The van der Waals surface area contributed by atoms with E-state index in [0.717, 1.165) is 5.56 Å². The van der Waals surface area contributed by atoms with Crippen molar-refractivity contribution >= 4 is 22.1 Å². The summed E-state index contributed by atoms with van der Waals surface area (Å²) in [6.45, 7) is 0.455. The molecule has 1 unspecified atom stereocenters. The summed E-state index contributed by atoms with van der Waals surface area (Å²) in [6.07, 6.45) is 0.283. The summed E-state index contributed by atoms with van der Waals surface area (Å²) in [6, 6.07) is 16.7. The molecule has 3 rings (SSSR count). The van der Waals surface area contributed by atoms with Gasteiger partial charge in [0, 0.05) is 13.1 Å². The van der Waals surface area contributed by atoms with E-state index in [-0.39, 0.29) is 19.6 Å². The Kier molecular flexibility index (Phi) is 7.64. The second-order valence-corrected chi connectivity index (χ2v) is 9.49. The van der Waals surface area contributed by atoms with Crippen LogP contribution in [-0.4, -0.2) is 54.9 Å². The molecule has 0 spiro atoms. The first-order chi connectivity index (χ1) is 14.8. The summed E-state index contributed by atoms with van der Waals surface area (Å²) in [4.78, 5) is 25.4. The highest BCUT2D eigenvalue weighted by Crippen LogP contribution is 2.19. The molecule has 0 aliphatic carbocycles. The molecule has 0 saturated carbocycles. The number of carboxylic acid groups (broad SMARTS) is 1. The first-order valence-electron chi connectivity index (χ1n) is 10.1. The number of carboxylic acids is 1. The van der Waals surface area contributed by atoms with E-state index in [1.54, 1.807) is 30.3 Å². The average molecular weight is 447 g/mol. The first-order valence-corrected chi connectivity index (χ1v) is 11.6. The molecule has 1 amide bonds. The zero-order valence-corrected chi connectivity index (χ0v) is 17.8. The number of hydrogen-bond donors (Lipinski definition) is 2. The van der Waals surface area contributed by atoms with Gasteiger partial charge < -0.3 is 14.7 Å². The normalized spacial score (nSPS) is 17.7. The SMILES string of the molecule is O=C(O)[C@@H](Cc1ccccc1)NS(=O)(=O)C1CCCN(C(=O)OCc2ccccc2)C1. The van der Waals surface area contributed by atoms with Gasteiger partial charge in [0.2, 0.25) is 10.0 Å². The summed E-state index contributed by atoms with van der Waals surface area (Å²) in [5.74, 6) is -1.25. The number of rotatable bonds is 8. The highest BCUT2D eigenvalue weighted by atomic mass is 32.2. The van der Waals surface area contributed by atoms with Crippen molar-refractivity contribution in [1.82, 2.24) is 9.62 Å². The average Bonchev–Trinajstić information content (AvgIpc) is 2.78. The molecular weight excluding hydrogens is 420 g/mol. The van der Waals surface area contributed by atoms with Gasteiger partial charge in [0.05, 0.1) is 5.25 Å². The third-order valence-corrected chi connectivity index (χ3v) is 7.04. The second-order valence-electron chi connectivity index (χ2n) is 7.49. The molecule has 2 aromatic carbocycles. The summed E-state index contributed by atoms with van der Waals surface area (Å²) in [5, 5.41) is 8.60. The number of carbonyl (C=O) groups is 2. The number of piperidine rings is 1. The van der Waals surface area contributed by atoms with E-state index in [2.05, 4.69) is 4.72 Å². The molecule has 8 nitrogen and oxygen atoms in total. The number of ether oxygens (including phenoxy) is 1. The van der Waals surface area contributed by atoms with Crippen LogP contribution in [0.5, 0.6) is 0 Å². The van der Waals surface area contributed by atoms with E-state index >= 15 is 0 Å². The van der Waals surface area contributed by atoms with E-state index in [9.17, 15) is 23.1 Å². The summed E-state index contributed by atoms with van der Waals surface area (Å²) >= 11 is 0. The fourth-order valence-electron chi connectivity index (χ4n) is 3.49. The minimum Gasteiger partial charge on any atom is -0.480 e. The smallest absolute Gasteiger partial charge is 0.410 e. The fraction of sp³-hybridized carbons (Fsp3) is 0.364. The van der Waals surface area contributed by atoms with Gasteiger partial charge in [-0.3, -0.25) is 4.79 Å². The van der Waals surface area contributed by atoms with Crippen LogP contribution in [0.2, 0.25) is 0 Å². The van der Waals surface area contributed by atoms with Crippen LogP contribution in [0.1, 0.15) is 24.0 Å². The van der Waals surface area contributed by atoms with Crippen LogP contribution >= 0.6 is 0 Å². The maximum atomic E-state index is 12.9. The minimum atomic E-state index is -3.96. The zero-order chi connectivity index (χ0) is 22.3. The lowest BCUT2D eigenvalue weighted by atomic mass is 10.1. The number of amides is 1. The quantitative estimate of drug-likeness (QED) is 0.644. The van der Waals surface area contributed by atoms with Crippen LogP contribution in [0.15, 0.2) is 60.7 Å². The summed E-state index contributed by atoms with van der Waals surface area (Å²) in [7, 11) is -3.96. The number of nitrogens with zero attached hydrogens (tertiary/aromatic N) is 1. The molecule has 0 bridgehead atoms. The molecule has 2 atom stereocenters. The Balaban J connectivity index is 1.60. The molecule has 2 aromatic rings. The van der Waals surface area contributed by atoms with Crippen LogP contribution in [0.4, 0.5) is 4.79 Å². The van der Waals surface area contributed by atoms with Crippen molar-refractivity contribution in [2.24, 2.45) is 0 Å². The lowest BCUT2D eigenvalue weighted by Gasteiger charge is -2.32. The third-order valence-electron chi connectivity index (χ3n) is 5.17. The van der Waals surface area contributed by atoms with E-state index in [4.69, 9.17) is 4.74 Å². The van der Waals surface area contributed by atoms with Crippen molar-refractivity contribution in [1.29, 1.82) is 0 Å². The minimum absolute atomic E-state index is 0.0327. The molecule has 31 heavy (non-hydrogen) atoms. The molecule has 2 N–H and O–H groups in total. The van der Waals surface area contributed by atoms with Gasteiger partial charge in [0.1, 0.15) is 12.6 Å². The van der Waals surface area contributed by atoms with Crippen LogP contribution in [0, 0.1) is 0 Å². The number of likely N-dealkylation sites (tertiary alicyclic amines) is 1. The summed E-state index contributed by atoms with van der Waals surface area (Å²) < 4.78 is 33.4. The maximum absolute atomic E-state index is 12.9. The van der Waals surface area contributed by atoms with Crippen molar-refractivity contribution < 1.29 is 27.9 Å². The Labute approximate surface area is 181 Å². The highest BCUT2D eigenvalue weighted by Gasteiger charge is 2.36. The highest BCUT2D eigenvalue weighted by molar-refractivity contribution is 7.90. The third kappa shape index (κ3) is 6.53. The zero-order valence-electron chi connectivity index (χ0n) is 17.0. The number of benzene rings is 2. The molecule has 166 valence electrons. The van der Waals surface area contributed by atoms with Gasteiger partial charge in [0.15, 0.2) is 0 Å². The Hall–Kier alpha value is -2.91. The monoisotopic (exact) mass is 446 g/mol. The Bertz CT molecular complexity index is 982. The van der Waals surface area contributed by atoms with Gasteiger partial charge >= 0.3 is 12.1 Å². The first kappa shape index (κ1) is 22.8. The number of aliphatic carboxylic acids is 1. The molecule has 0 aromatic heterocycles. The van der Waals surface area contributed by atoms with Crippen molar-refractivity contribution in [3.63, 3.8) is 0 Å². The second kappa shape index (κ2) is 10.4. The number of hydrogen-bond acceptors (Lipinski definition) is 5. The van der Waals surface area contributed by atoms with Crippen LogP contribution in [0.3, 0.4) is 0 Å².